The Balaban J connectivity index is 1.89. The van der Waals surface area contributed by atoms with E-state index in [2.05, 4.69) is 28.7 Å². The van der Waals surface area contributed by atoms with Crippen LogP contribution in [-0.4, -0.2) is 28.1 Å². The van der Waals surface area contributed by atoms with Gasteiger partial charge >= 0.3 is 0 Å². The molecule has 1 aliphatic heterocycles. The minimum atomic E-state index is 0.732. The molecule has 1 aromatic rings. The predicted molar refractivity (Wildman–Crippen MR) is 55.0 cm³/mol. The molecule has 0 saturated carbocycles. The van der Waals surface area contributed by atoms with Crippen molar-refractivity contribution in [1.29, 1.82) is 0 Å². The van der Waals surface area contributed by atoms with Crippen molar-refractivity contribution >= 4 is 0 Å². The molecule has 0 aliphatic carbocycles. The average Bonchev–Trinajstić information content (AvgIpc) is 2.67. The van der Waals surface area contributed by atoms with Crippen LogP contribution < -0.4 is 5.32 Å². The maximum atomic E-state index is 4.12. The van der Waals surface area contributed by atoms with Crippen LogP contribution in [0.3, 0.4) is 0 Å². The van der Waals surface area contributed by atoms with Gasteiger partial charge in [-0.05, 0) is 38.3 Å². The molecular weight excluding hydrogens is 176 g/mol. The zero-order chi connectivity index (χ0) is 9.80. The first-order chi connectivity index (χ1) is 6.88. The number of hydrogen-bond donors (Lipinski definition) is 1. The summed E-state index contributed by atoms with van der Waals surface area (Å²) in [6.45, 7) is 5.42. The zero-order valence-electron chi connectivity index (χ0n) is 8.74. The Morgan fingerprint density at radius 1 is 1.64 bits per heavy atom. The molecule has 1 aromatic heterocycles. The van der Waals surface area contributed by atoms with Gasteiger partial charge in [0.25, 0.3) is 0 Å². The summed E-state index contributed by atoms with van der Waals surface area (Å²) in [4.78, 5) is 0. The Morgan fingerprint density at radius 2 is 2.57 bits per heavy atom. The van der Waals surface area contributed by atoms with Crippen molar-refractivity contribution in [2.24, 2.45) is 5.92 Å². The Bertz CT molecular complexity index is 275. The number of aryl methyl sites for hydroxylation is 1. The van der Waals surface area contributed by atoms with Gasteiger partial charge in [-0.25, -0.2) is 0 Å². The van der Waals surface area contributed by atoms with E-state index in [9.17, 15) is 0 Å². The van der Waals surface area contributed by atoms with E-state index in [1.165, 1.54) is 19.4 Å². The van der Waals surface area contributed by atoms with Gasteiger partial charge in [0.2, 0.25) is 0 Å². The Hall–Kier alpha value is -0.900. The van der Waals surface area contributed by atoms with Gasteiger partial charge in [-0.3, -0.25) is 4.68 Å². The van der Waals surface area contributed by atoms with Gasteiger partial charge in [-0.2, -0.15) is 0 Å². The third-order valence-corrected chi connectivity index (χ3v) is 2.79. The molecule has 1 N–H and O–H groups in total. The van der Waals surface area contributed by atoms with Crippen LogP contribution in [0.1, 0.15) is 25.5 Å². The van der Waals surface area contributed by atoms with Gasteiger partial charge in [-0.1, -0.05) is 12.1 Å². The average molecular weight is 194 g/mol. The van der Waals surface area contributed by atoms with E-state index >= 15 is 0 Å². The molecule has 0 aromatic carbocycles. The lowest BCUT2D eigenvalue weighted by atomic mass is 10.00. The molecule has 0 bridgehead atoms. The van der Waals surface area contributed by atoms with E-state index in [1.54, 1.807) is 0 Å². The molecule has 1 fully saturated rings. The first-order valence-corrected chi connectivity index (χ1v) is 5.48. The molecule has 1 aliphatic rings. The lowest BCUT2D eigenvalue weighted by molar-refractivity contribution is 0.322. The molecule has 14 heavy (non-hydrogen) atoms. The molecule has 2 rings (SSSR count). The van der Waals surface area contributed by atoms with Crippen molar-refractivity contribution in [2.45, 2.75) is 32.7 Å². The van der Waals surface area contributed by atoms with Crippen molar-refractivity contribution in [3.05, 3.63) is 11.9 Å². The monoisotopic (exact) mass is 194 g/mol. The van der Waals surface area contributed by atoms with Crippen molar-refractivity contribution in [1.82, 2.24) is 20.3 Å². The van der Waals surface area contributed by atoms with Crippen LogP contribution in [-0.2, 0) is 13.0 Å². The topological polar surface area (TPSA) is 42.7 Å². The van der Waals surface area contributed by atoms with Crippen LogP contribution in [0.4, 0.5) is 0 Å². The fourth-order valence-electron chi connectivity index (χ4n) is 1.93. The summed E-state index contributed by atoms with van der Waals surface area (Å²) >= 11 is 0. The number of hydrogen-bond acceptors (Lipinski definition) is 3. The normalized spacial score (nSPS) is 22.5. The summed E-state index contributed by atoms with van der Waals surface area (Å²) in [7, 11) is 0. The first-order valence-electron chi connectivity index (χ1n) is 5.48. The molecular formula is C10H18N4. The highest BCUT2D eigenvalue weighted by molar-refractivity contribution is 4.91. The number of rotatable bonds is 3. The van der Waals surface area contributed by atoms with E-state index < -0.39 is 0 Å². The van der Waals surface area contributed by atoms with Crippen LogP contribution in [0, 0.1) is 5.92 Å². The third-order valence-electron chi connectivity index (χ3n) is 2.79. The second-order valence-corrected chi connectivity index (χ2v) is 4.00. The Morgan fingerprint density at radius 3 is 3.21 bits per heavy atom. The quantitative estimate of drug-likeness (QED) is 0.775. The van der Waals surface area contributed by atoms with Gasteiger partial charge in [0.1, 0.15) is 0 Å². The lowest BCUT2D eigenvalue weighted by Gasteiger charge is -2.22. The van der Waals surface area contributed by atoms with Crippen LogP contribution >= 0.6 is 0 Å². The highest BCUT2D eigenvalue weighted by Gasteiger charge is 2.13. The molecule has 78 valence electrons. The predicted octanol–water partition coefficient (Wildman–Crippen LogP) is 0.840. The molecule has 0 radical (unpaired) electrons. The van der Waals surface area contributed by atoms with Crippen LogP contribution in [0.5, 0.6) is 0 Å². The first kappa shape index (κ1) is 9.65. The molecule has 4 nitrogen and oxygen atoms in total. The summed E-state index contributed by atoms with van der Waals surface area (Å²) in [6, 6.07) is 0. The second-order valence-electron chi connectivity index (χ2n) is 4.00. The number of nitrogens with zero attached hydrogens (tertiary/aromatic N) is 3. The minimum Gasteiger partial charge on any atom is -0.316 e. The Kier molecular flexibility index (Phi) is 3.14. The van der Waals surface area contributed by atoms with Crippen LogP contribution in [0.25, 0.3) is 0 Å². The van der Waals surface area contributed by atoms with E-state index in [0.29, 0.717) is 0 Å². The van der Waals surface area contributed by atoms with E-state index in [4.69, 9.17) is 0 Å². The number of piperidine rings is 1. The lowest BCUT2D eigenvalue weighted by Crippen LogP contribution is -2.32. The molecule has 2 heterocycles. The summed E-state index contributed by atoms with van der Waals surface area (Å²) in [5, 5.41) is 11.6. The third kappa shape index (κ3) is 2.32. The van der Waals surface area contributed by atoms with Crippen LogP contribution in [0.2, 0.25) is 0 Å². The zero-order valence-corrected chi connectivity index (χ0v) is 8.74. The fourth-order valence-corrected chi connectivity index (χ4v) is 1.93. The number of aromatic nitrogens is 3. The van der Waals surface area contributed by atoms with Crippen molar-refractivity contribution in [2.75, 3.05) is 13.1 Å². The van der Waals surface area contributed by atoms with E-state index in [1.807, 2.05) is 4.68 Å². The maximum absolute atomic E-state index is 4.12. The van der Waals surface area contributed by atoms with Crippen molar-refractivity contribution < 1.29 is 0 Å². The van der Waals surface area contributed by atoms with Crippen LogP contribution in [0.15, 0.2) is 6.20 Å². The summed E-state index contributed by atoms with van der Waals surface area (Å²) in [6.07, 6.45) is 5.64. The van der Waals surface area contributed by atoms with Gasteiger partial charge in [0.15, 0.2) is 0 Å². The fraction of sp³-hybridized carbons (Fsp3) is 0.800. The van der Waals surface area contributed by atoms with E-state index in [-0.39, 0.29) is 0 Å². The highest BCUT2D eigenvalue weighted by atomic mass is 15.4. The van der Waals surface area contributed by atoms with Crippen molar-refractivity contribution in [3.8, 4) is 0 Å². The molecule has 4 heteroatoms. The highest BCUT2D eigenvalue weighted by Crippen LogP contribution is 2.11. The minimum absolute atomic E-state index is 0.732. The van der Waals surface area contributed by atoms with Crippen molar-refractivity contribution in [3.63, 3.8) is 0 Å². The molecule has 1 unspecified atom stereocenters. The van der Waals surface area contributed by atoms with Gasteiger partial charge < -0.3 is 5.32 Å². The van der Waals surface area contributed by atoms with Gasteiger partial charge in [-0.15, -0.1) is 5.10 Å². The van der Waals surface area contributed by atoms with Gasteiger partial charge in [0, 0.05) is 12.7 Å². The molecule has 0 amide bonds. The largest absolute Gasteiger partial charge is 0.316 e. The molecule has 1 saturated heterocycles. The SMILES string of the molecule is CCc1cn(CC2CCCNC2)nn1. The smallest absolute Gasteiger partial charge is 0.0824 e. The second kappa shape index (κ2) is 4.55. The maximum Gasteiger partial charge on any atom is 0.0824 e. The van der Waals surface area contributed by atoms with Gasteiger partial charge in [0.05, 0.1) is 5.69 Å². The number of nitrogens with one attached hydrogen (secondary N) is 1. The standard InChI is InChI=1S/C10H18N4/c1-2-10-8-14(13-12-10)7-9-4-3-5-11-6-9/h8-9,11H,2-7H2,1H3. The summed E-state index contributed by atoms with van der Waals surface area (Å²) < 4.78 is 1.98. The Labute approximate surface area is 84.7 Å². The summed E-state index contributed by atoms with van der Waals surface area (Å²) in [5.74, 6) is 0.732. The summed E-state index contributed by atoms with van der Waals surface area (Å²) in [5.41, 5.74) is 1.09. The molecule has 0 spiro atoms. The molecule has 1 atom stereocenters. The van der Waals surface area contributed by atoms with E-state index in [0.717, 1.165) is 31.1 Å².